The maximum atomic E-state index is 5.75. The van der Waals surface area contributed by atoms with Gasteiger partial charge in [-0.1, -0.05) is 42.0 Å². The van der Waals surface area contributed by atoms with Crippen LogP contribution in [0.2, 0.25) is 0 Å². The van der Waals surface area contributed by atoms with Crippen LogP contribution in [-0.2, 0) is 13.1 Å². The Morgan fingerprint density at radius 2 is 1.40 bits per heavy atom. The van der Waals surface area contributed by atoms with E-state index in [2.05, 4.69) is 48.2 Å². The van der Waals surface area contributed by atoms with Crippen molar-refractivity contribution in [2.75, 3.05) is 5.73 Å². The highest BCUT2D eigenvalue weighted by Gasteiger charge is 2.28. The Morgan fingerprint density at radius 3 is 1.90 bits per heavy atom. The largest absolute Gasteiger partial charge is 0.399 e. The Hall–Kier alpha value is -1.80. The number of nitrogens with zero attached hydrogens (tertiary/aromatic N) is 1. The van der Waals surface area contributed by atoms with Crippen LogP contribution in [0.1, 0.15) is 29.5 Å². The van der Waals surface area contributed by atoms with Gasteiger partial charge in [0.2, 0.25) is 0 Å². The molecule has 0 aliphatic heterocycles. The second kappa shape index (κ2) is 5.68. The van der Waals surface area contributed by atoms with Crippen molar-refractivity contribution in [3.05, 3.63) is 65.2 Å². The van der Waals surface area contributed by atoms with E-state index in [9.17, 15) is 0 Å². The molecular weight excluding hydrogens is 244 g/mol. The number of benzene rings is 2. The normalized spacial score (nSPS) is 14.7. The molecule has 104 valence electrons. The number of nitrogens with two attached hydrogens (primary N) is 1. The quantitative estimate of drug-likeness (QED) is 0.835. The minimum Gasteiger partial charge on any atom is -0.399 e. The number of rotatable bonds is 5. The lowest BCUT2D eigenvalue weighted by Crippen LogP contribution is -2.25. The van der Waals surface area contributed by atoms with Gasteiger partial charge in [0.05, 0.1) is 0 Å². The van der Waals surface area contributed by atoms with Crippen molar-refractivity contribution in [3.8, 4) is 0 Å². The molecule has 1 aliphatic rings. The minimum atomic E-state index is 0.758. The first-order valence-corrected chi connectivity index (χ1v) is 7.35. The van der Waals surface area contributed by atoms with Gasteiger partial charge in [-0.15, -0.1) is 0 Å². The Morgan fingerprint density at radius 1 is 0.900 bits per heavy atom. The van der Waals surface area contributed by atoms with Gasteiger partial charge in [0.25, 0.3) is 0 Å². The van der Waals surface area contributed by atoms with E-state index in [1.165, 1.54) is 29.5 Å². The summed E-state index contributed by atoms with van der Waals surface area (Å²) >= 11 is 0. The van der Waals surface area contributed by atoms with E-state index in [0.717, 1.165) is 24.8 Å². The molecule has 2 aromatic carbocycles. The summed E-state index contributed by atoms with van der Waals surface area (Å²) in [6.45, 7) is 4.19. The summed E-state index contributed by atoms with van der Waals surface area (Å²) in [5.74, 6) is 0. The summed E-state index contributed by atoms with van der Waals surface area (Å²) in [6.07, 6.45) is 2.67. The van der Waals surface area contributed by atoms with Gasteiger partial charge in [0.15, 0.2) is 0 Å². The topological polar surface area (TPSA) is 29.3 Å². The van der Waals surface area contributed by atoms with Crippen molar-refractivity contribution in [3.63, 3.8) is 0 Å². The molecule has 0 saturated heterocycles. The van der Waals surface area contributed by atoms with Gasteiger partial charge in [-0.2, -0.15) is 0 Å². The molecule has 0 spiro atoms. The van der Waals surface area contributed by atoms with Gasteiger partial charge < -0.3 is 5.73 Å². The molecule has 2 aromatic rings. The summed E-state index contributed by atoms with van der Waals surface area (Å²) < 4.78 is 0. The predicted octanol–water partition coefficient (Wildman–Crippen LogP) is 3.74. The van der Waals surface area contributed by atoms with Gasteiger partial charge in [0, 0.05) is 24.8 Å². The lowest BCUT2D eigenvalue weighted by molar-refractivity contribution is 0.246. The first-order chi connectivity index (χ1) is 9.70. The van der Waals surface area contributed by atoms with Crippen LogP contribution < -0.4 is 5.73 Å². The number of anilines is 1. The number of nitrogen functional groups attached to an aromatic ring is 1. The molecule has 1 fully saturated rings. The molecule has 0 amide bonds. The van der Waals surface area contributed by atoms with E-state index in [1.54, 1.807) is 0 Å². The molecule has 3 rings (SSSR count). The molecule has 0 bridgehead atoms. The van der Waals surface area contributed by atoms with Gasteiger partial charge >= 0.3 is 0 Å². The smallest absolute Gasteiger partial charge is 0.0314 e. The molecular formula is C18H22N2. The third-order valence-electron chi connectivity index (χ3n) is 3.93. The van der Waals surface area contributed by atoms with Gasteiger partial charge in [0.1, 0.15) is 0 Å². The van der Waals surface area contributed by atoms with Crippen molar-refractivity contribution < 1.29 is 0 Å². The highest BCUT2D eigenvalue weighted by atomic mass is 15.2. The Balaban J connectivity index is 1.69. The summed E-state index contributed by atoms with van der Waals surface area (Å²) in [4.78, 5) is 2.58. The van der Waals surface area contributed by atoms with Crippen LogP contribution in [0.4, 0.5) is 5.69 Å². The molecule has 20 heavy (non-hydrogen) atoms. The van der Waals surface area contributed by atoms with Crippen LogP contribution in [0.15, 0.2) is 48.5 Å². The monoisotopic (exact) mass is 266 g/mol. The fourth-order valence-electron chi connectivity index (χ4n) is 2.54. The number of aryl methyl sites for hydroxylation is 1. The van der Waals surface area contributed by atoms with Crippen LogP contribution in [0.5, 0.6) is 0 Å². The van der Waals surface area contributed by atoms with E-state index in [0.29, 0.717) is 0 Å². The summed E-state index contributed by atoms with van der Waals surface area (Å²) in [7, 11) is 0. The molecule has 0 unspecified atom stereocenters. The fourth-order valence-corrected chi connectivity index (χ4v) is 2.54. The van der Waals surface area contributed by atoms with Crippen molar-refractivity contribution in [1.29, 1.82) is 0 Å². The highest BCUT2D eigenvalue weighted by molar-refractivity contribution is 5.39. The first-order valence-electron chi connectivity index (χ1n) is 7.35. The maximum Gasteiger partial charge on any atom is 0.0314 e. The molecule has 0 atom stereocenters. The average Bonchev–Trinajstić information content (AvgIpc) is 3.27. The summed E-state index contributed by atoms with van der Waals surface area (Å²) in [6, 6.07) is 17.9. The second-order valence-electron chi connectivity index (χ2n) is 5.86. The SMILES string of the molecule is Cc1ccc(CN(Cc2ccc(N)cc2)C2CC2)cc1. The lowest BCUT2D eigenvalue weighted by atomic mass is 10.1. The van der Waals surface area contributed by atoms with Crippen LogP contribution >= 0.6 is 0 Å². The molecule has 1 saturated carbocycles. The summed E-state index contributed by atoms with van der Waals surface area (Å²) in [5, 5.41) is 0. The van der Waals surface area contributed by atoms with E-state index >= 15 is 0 Å². The second-order valence-corrected chi connectivity index (χ2v) is 5.86. The van der Waals surface area contributed by atoms with Crippen molar-refractivity contribution in [1.82, 2.24) is 4.90 Å². The van der Waals surface area contributed by atoms with Crippen LogP contribution in [0, 0.1) is 6.92 Å². The van der Waals surface area contributed by atoms with Crippen molar-refractivity contribution in [2.24, 2.45) is 0 Å². The third kappa shape index (κ3) is 3.40. The molecule has 2 N–H and O–H groups in total. The zero-order valence-corrected chi connectivity index (χ0v) is 12.0. The van der Waals surface area contributed by atoms with E-state index in [-0.39, 0.29) is 0 Å². The first kappa shape index (κ1) is 13.2. The van der Waals surface area contributed by atoms with E-state index in [4.69, 9.17) is 5.73 Å². The molecule has 1 aliphatic carbocycles. The number of hydrogen-bond acceptors (Lipinski definition) is 2. The standard InChI is InChI=1S/C18H22N2/c1-14-2-4-15(5-3-14)12-20(18-10-11-18)13-16-6-8-17(19)9-7-16/h2-9,18H,10-13,19H2,1H3. The Kier molecular flexibility index (Phi) is 3.75. The predicted molar refractivity (Wildman–Crippen MR) is 84.3 cm³/mol. The van der Waals surface area contributed by atoms with Gasteiger partial charge in [-0.3, -0.25) is 4.90 Å². The minimum absolute atomic E-state index is 0.758. The third-order valence-corrected chi connectivity index (χ3v) is 3.93. The Labute approximate surface area is 121 Å². The molecule has 2 nitrogen and oxygen atoms in total. The molecule has 0 aromatic heterocycles. The fraction of sp³-hybridized carbons (Fsp3) is 0.333. The van der Waals surface area contributed by atoms with Crippen LogP contribution in [0.3, 0.4) is 0 Å². The van der Waals surface area contributed by atoms with Crippen LogP contribution in [-0.4, -0.2) is 10.9 Å². The maximum absolute atomic E-state index is 5.75. The van der Waals surface area contributed by atoms with Crippen LogP contribution in [0.25, 0.3) is 0 Å². The number of hydrogen-bond donors (Lipinski definition) is 1. The Bertz CT molecular complexity index is 505. The zero-order valence-electron chi connectivity index (χ0n) is 12.0. The zero-order chi connectivity index (χ0) is 13.9. The highest BCUT2D eigenvalue weighted by Crippen LogP contribution is 2.30. The van der Waals surface area contributed by atoms with Gasteiger partial charge in [-0.25, -0.2) is 0 Å². The molecule has 0 heterocycles. The van der Waals surface area contributed by atoms with E-state index in [1.807, 2.05) is 12.1 Å². The average molecular weight is 266 g/mol. The van der Waals surface area contributed by atoms with Crippen molar-refractivity contribution >= 4 is 5.69 Å². The van der Waals surface area contributed by atoms with Gasteiger partial charge in [-0.05, 0) is 43.0 Å². The molecule has 0 radical (unpaired) electrons. The summed E-state index contributed by atoms with van der Waals surface area (Å²) in [5.41, 5.74) is 10.7. The van der Waals surface area contributed by atoms with Crippen molar-refractivity contribution in [2.45, 2.75) is 38.9 Å². The lowest BCUT2D eigenvalue weighted by Gasteiger charge is -2.22. The molecule has 2 heteroatoms. The van der Waals surface area contributed by atoms with E-state index < -0.39 is 0 Å².